The van der Waals surface area contributed by atoms with Crippen LogP contribution in [0.25, 0.3) is 6.08 Å². The maximum absolute atomic E-state index is 11.8. The molecule has 33 heavy (non-hydrogen) atoms. The van der Waals surface area contributed by atoms with E-state index < -0.39 is 5.97 Å². The van der Waals surface area contributed by atoms with E-state index in [1.807, 2.05) is 13.8 Å². The van der Waals surface area contributed by atoms with Crippen molar-refractivity contribution < 1.29 is 14.3 Å². The van der Waals surface area contributed by atoms with Gasteiger partial charge in [0.2, 0.25) is 11.8 Å². The van der Waals surface area contributed by atoms with Gasteiger partial charge in [0.1, 0.15) is 5.75 Å². The third-order valence-corrected chi connectivity index (χ3v) is 4.52. The number of rotatable bonds is 7. The summed E-state index contributed by atoms with van der Waals surface area (Å²) in [6.07, 6.45) is 4.33. The summed E-state index contributed by atoms with van der Waals surface area (Å²) in [6, 6.07) is 14.5. The highest BCUT2D eigenvalue weighted by Crippen LogP contribution is 2.32. The summed E-state index contributed by atoms with van der Waals surface area (Å²) in [7, 11) is 0. The molecule has 3 aromatic rings. The topological polar surface area (TPSA) is 121 Å². The van der Waals surface area contributed by atoms with Crippen molar-refractivity contribution in [2.75, 3.05) is 11.9 Å². The molecular weight excluding hydrogens is 418 g/mol. The van der Waals surface area contributed by atoms with Crippen LogP contribution in [-0.4, -0.2) is 22.5 Å². The molecule has 0 unspecified atom stereocenters. The number of hydrogen-bond donors (Lipinski definition) is 1. The molecule has 0 spiro atoms. The molecule has 2 aromatic carbocycles. The smallest absolute Gasteiger partial charge is 0.330 e. The van der Waals surface area contributed by atoms with E-state index in [0.717, 1.165) is 11.1 Å². The highest BCUT2D eigenvalue weighted by molar-refractivity contribution is 5.87. The molecule has 0 aliphatic carbocycles. The average molecular weight is 439 g/mol. The van der Waals surface area contributed by atoms with Crippen molar-refractivity contribution in [1.82, 2.24) is 9.97 Å². The Morgan fingerprint density at radius 3 is 2.36 bits per heavy atom. The Hall–Kier alpha value is -4.69. The third kappa shape index (κ3) is 5.93. The summed E-state index contributed by atoms with van der Waals surface area (Å²) in [6.45, 7) is 5.67. The number of nitrogens with zero attached hydrogens (tertiary/aromatic N) is 4. The highest BCUT2D eigenvalue weighted by Gasteiger charge is 2.13. The van der Waals surface area contributed by atoms with E-state index in [0.29, 0.717) is 28.1 Å². The lowest BCUT2D eigenvalue weighted by atomic mass is 10.1. The molecule has 0 amide bonds. The molecule has 0 aliphatic heterocycles. The molecule has 0 saturated heterocycles. The Kier molecular flexibility index (Phi) is 7.35. The van der Waals surface area contributed by atoms with Gasteiger partial charge in [-0.1, -0.05) is 0 Å². The number of carbonyl (C=O) groups excluding carboxylic acids is 1. The zero-order valence-electron chi connectivity index (χ0n) is 18.4. The van der Waals surface area contributed by atoms with Crippen molar-refractivity contribution in [2.45, 2.75) is 20.8 Å². The van der Waals surface area contributed by atoms with Crippen LogP contribution in [0.4, 0.5) is 11.6 Å². The zero-order valence-corrected chi connectivity index (χ0v) is 18.4. The Labute approximate surface area is 191 Å². The van der Waals surface area contributed by atoms with Gasteiger partial charge in [-0.05, 0) is 74.4 Å². The number of nitrogens with one attached hydrogen (secondary N) is 1. The monoisotopic (exact) mass is 439 g/mol. The molecule has 164 valence electrons. The molecule has 0 saturated carbocycles. The summed E-state index contributed by atoms with van der Waals surface area (Å²) in [5, 5.41) is 21.2. The van der Waals surface area contributed by atoms with Gasteiger partial charge in [-0.2, -0.15) is 15.5 Å². The summed E-state index contributed by atoms with van der Waals surface area (Å²) in [4.78, 5) is 20.5. The number of aromatic nitrogens is 2. The second-order valence-electron chi connectivity index (χ2n) is 7.01. The van der Waals surface area contributed by atoms with Gasteiger partial charge in [-0.3, -0.25) is 0 Å². The van der Waals surface area contributed by atoms with Crippen molar-refractivity contribution in [2.24, 2.45) is 0 Å². The summed E-state index contributed by atoms with van der Waals surface area (Å²) < 4.78 is 11.1. The summed E-state index contributed by atoms with van der Waals surface area (Å²) in [5.74, 6) is 0.557. The molecule has 0 fully saturated rings. The van der Waals surface area contributed by atoms with Crippen LogP contribution < -0.4 is 10.1 Å². The lowest BCUT2D eigenvalue weighted by Gasteiger charge is -2.14. The molecule has 1 N–H and O–H groups in total. The van der Waals surface area contributed by atoms with Crippen molar-refractivity contribution in [3.63, 3.8) is 0 Å². The number of anilines is 2. The number of ether oxygens (including phenoxy) is 2. The van der Waals surface area contributed by atoms with Gasteiger partial charge >= 0.3 is 5.97 Å². The van der Waals surface area contributed by atoms with Crippen LogP contribution in [0.1, 0.15) is 34.7 Å². The van der Waals surface area contributed by atoms with Crippen LogP contribution in [-0.2, 0) is 9.53 Å². The standard InChI is InChI=1S/C25H21N5O3/c1-4-32-22(31)10-7-20-15-28-25(29-21-8-5-18(13-26)6-9-21)30-24(20)33-23-16(2)11-19(14-27)12-17(23)3/h5-12,15H,4H2,1-3H3,(H,28,29,30)/b10-7+. The van der Waals surface area contributed by atoms with E-state index >= 15 is 0 Å². The lowest BCUT2D eigenvalue weighted by molar-refractivity contribution is -0.137. The largest absolute Gasteiger partial charge is 0.463 e. The van der Waals surface area contributed by atoms with Crippen molar-refractivity contribution in [1.29, 1.82) is 10.5 Å². The minimum atomic E-state index is -0.492. The minimum Gasteiger partial charge on any atom is -0.463 e. The average Bonchev–Trinajstić information content (AvgIpc) is 2.81. The Bertz CT molecular complexity index is 1260. The van der Waals surface area contributed by atoms with Crippen LogP contribution in [0.3, 0.4) is 0 Å². The molecular formula is C25H21N5O3. The van der Waals surface area contributed by atoms with E-state index in [2.05, 4.69) is 27.4 Å². The number of hydrogen-bond acceptors (Lipinski definition) is 8. The number of benzene rings is 2. The van der Waals surface area contributed by atoms with E-state index in [9.17, 15) is 10.1 Å². The second-order valence-corrected chi connectivity index (χ2v) is 7.01. The molecule has 0 atom stereocenters. The molecule has 0 radical (unpaired) electrons. The predicted octanol–water partition coefficient (Wildman–Crippen LogP) is 4.95. The molecule has 3 rings (SSSR count). The number of carbonyl (C=O) groups is 1. The van der Waals surface area contributed by atoms with E-state index in [1.54, 1.807) is 43.3 Å². The van der Waals surface area contributed by atoms with Gasteiger partial charge in [-0.15, -0.1) is 0 Å². The van der Waals surface area contributed by atoms with Crippen LogP contribution in [0.15, 0.2) is 48.7 Å². The van der Waals surface area contributed by atoms with Crippen LogP contribution in [0.5, 0.6) is 11.6 Å². The molecule has 1 aromatic heterocycles. The summed E-state index contributed by atoms with van der Waals surface area (Å²) in [5.41, 5.74) is 3.78. The van der Waals surface area contributed by atoms with Crippen LogP contribution in [0, 0.1) is 36.5 Å². The lowest BCUT2D eigenvalue weighted by Crippen LogP contribution is -2.03. The molecule has 1 heterocycles. The Morgan fingerprint density at radius 2 is 1.76 bits per heavy atom. The molecule has 8 nitrogen and oxygen atoms in total. The van der Waals surface area contributed by atoms with Gasteiger partial charge in [-0.25, -0.2) is 9.78 Å². The fourth-order valence-corrected chi connectivity index (χ4v) is 3.01. The normalized spacial score (nSPS) is 10.3. The number of nitriles is 2. The first-order chi connectivity index (χ1) is 15.9. The fourth-order valence-electron chi connectivity index (χ4n) is 3.01. The second kappa shape index (κ2) is 10.6. The van der Waals surface area contributed by atoms with Gasteiger partial charge in [0.15, 0.2) is 0 Å². The highest BCUT2D eigenvalue weighted by atomic mass is 16.5. The van der Waals surface area contributed by atoms with Gasteiger partial charge in [0, 0.05) is 18.0 Å². The van der Waals surface area contributed by atoms with Crippen molar-refractivity contribution in [3.05, 3.63) is 76.5 Å². The first kappa shape index (κ1) is 23.0. The van der Waals surface area contributed by atoms with E-state index in [-0.39, 0.29) is 18.4 Å². The fraction of sp³-hybridized carbons (Fsp3) is 0.160. The van der Waals surface area contributed by atoms with Gasteiger partial charge in [0.25, 0.3) is 0 Å². The Morgan fingerprint density at radius 1 is 1.09 bits per heavy atom. The molecule has 0 aliphatic rings. The molecule has 0 bridgehead atoms. The molecule has 8 heteroatoms. The van der Waals surface area contributed by atoms with Gasteiger partial charge < -0.3 is 14.8 Å². The van der Waals surface area contributed by atoms with Crippen LogP contribution >= 0.6 is 0 Å². The van der Waals surface area contributed by atoms with Crippen molar-refractivity contribution in [3.8, 4) is 23.8 Å². The first-order valence-corrected chi connectivity index (χ1v) is 10.1. The maximum Gasteiger partial charge on any atom is 0.330 e. The number of aryl methyl sites for hydroxylation is 2. The van der Waals surface area contributed by atoms with E-state index in [4.69, 9.17) is 14.7 Å². The van der Waals surface area contributed by atoms with E-state index in [1.165, 1.54) is 18.3 Å². The Balaban J connectivity index is 1.98. The minimum absolute atomic E-state index is 0.220. The van der Waals surface area contributed by atoms with Crippen molar-refractivity contribution >= 4 is 23.7 Å². The quantitative estimate of drug-likeness (QED) is 0.405. The summed E-state index contributed by atoms with van der Waals surface area (Å²) >= 11 is 0. The zero-order chi connectivity index (χ0) is 23.8. The van der Waals surface area contributed by atoms with Crippen LogP contribution in [0.2, 0.25) is 0 Å². The predicted molar refractivity (Wildman–Crippen MR) is 123 cm³/mol. The number of esters is 1. The van der Waals surface area contributed by atoms with Gasteiger partial charge in [0.05, 0.1) is 35.4 Å². The maximum atomic E-state index is 11.8. The SMILES string of the molecule is CCOC(=O)/C=C/c1cnc(Nc2ccc(C#N)cc2)nc1Oc1c(C)cc(C#N)cc1C. The third-order valence-electron chi connectivity index (χ3n) is 4.52. The first-order valence-electron chi connectivity index (χ1n) is 10.1.